The SMILES string of the molecule is Clc1ccc(COc2cccc(CNCc3cccs3)c2)cc1. The molecular formula is C19H18ClNOS. The zero-order valence-corrected chi connectivity index (χ0v) is 14.2. The summed E-state index contributed by atoms with van der Waals surface area (Å²) in [4.78, 5) is 1.35. The van der Waals surface area contributed by atoms with Gasteiger partial charge < -0.3 is 10.1 Å². The summed E-state index contributed by atoms with van der Waals surface area (Å²) in [5, 5.41) is 6.29. The standard InChI is InChI=1S/C19H18ClNOS/c20-17-8-6-15(7-9-17)14-22-18-4-1-3-16(11-18)12-21-13-19-5-2-10-23-19/h1-11,21H,12-14H2. The first-order valence-electron chi connectivity index (χ1n) is 7.49. The van der Waals surface area contributed by atoms with E-state index in [2.05, 4.69) is 35.0 Å². The van der Waals surface area contributed by atoms with Gasteiger partial charge in [-0.15, -0.1) is 11.3 Å². The smallest absolute Gasteiger partial charge is 0.120 e. The molecule has 0 saturated carbocycles. The van der Waals surface area contributed by atoms with Crippen molar-refractivity contribution < 1.29 is 4.74 Å². The van der Waals surface area contributed by atoms with Crippen LogP contribution in [-0.2, 0) is 19.7 Å². The molecule has 118 valence electrons. The molecule has 2 nitrogen and oxygen atoms in total. The maximum atomic E-state index is 5.89. The Kier molecular flexibility index (Phi) is 5.70. The second-order valence-corrected chi connectivity index (χ2v) is 6.71. The molecule has 0 saturated heterocycles. The zero-order valence-electron chi connectivity index (χ0n) is 12.7. The molecule has 0 bridgehead atoms. The summed E-state index contributed by atoms with van der Waals surface area (Å²) in [5.74, 6) is 0.885. The van der Waals surface area contributed by atoms with E-state index < -0.39 is 0 Å². The van der Waals surface area contributed by atoms with Gasteiger partial charge in [-0.25, -0.2) is 0 Å². The van der Waals surface area contributed by atoms with Crippen LogP contribution in [0, 0.1) is 0 Å². The van der Waals surface area contributed by atoms with Gasteiger partial charge >= 0.3 is 0 Å². The predicted molar refractivity (Wildman–Crippen MR) is 97.1 cm³/mol. The fourth-order valence-electron chi connectivity index (χ4n) is 2.24. The molecule has 2 aromatic carbocycles. The van der Waals surface area contributed by atoms with Crippen LogP contribution in [0.5, 0.6) is 5.75 Å². The number of rotatable bonds is 7. The molecule has 0 aliphatic rings. The Morgan fingerprint density at radius 2 is 1.78 bits per heavy atom. The Bertz CT molecular complexity index is 725. The van der Waals surface area contributed by atoms with Gasteiger partial charge in [0.25, 0.3) is 0 Å². The highest BCUT2D eigenvalue weighted by Gasteiger charge is 2.00. The Labute approximate surface area is 145 Å². The summed E-state index contributed by atoms with van der Waals surface area (Å²) in [6.07, 6.45) is 0. The molecule has 0 atom stereocenters. The molecule has 3 rings (SSSR count). The number of hydrogen-bond donors (Lipinski definition) is 1. The van der Waals surface area contributed by atoms with Crippen molar-refractivity contribution in [3.05, 3.63) is 87.1 Å². The monoisotopic (exact) mass is 343 g/mol. The van der Waals surface area contributed by atoms with Crippen LogP contribution >= 0.6 is 22.9 Å². The van der Waals surface area contributed by atoms with E-state index in [4.69, 9.17) is 16.3 Å². The van der Waals surface area contributed by atoms with Crippen molar-refractivity contribution in [3.63, 3.8) is 0 Å². The minimum atomic E-state index is 0.545. The van der Waals surface area contributed by atoms with Gasteiger partial charge in [0, 0.05) is 23.0 Å². The quantitative estimate of drug-likeness (QED) is 0.631. The van der Waals surface area contributed by atoms with Gasteiger partial charge in [-0.2, -0.15) is 0 Å². The van der Waals surface area contributed by atoms with E-state index in [9.17, 15) is 0 Å². The van der Waals surface area contributed by atoms with Crippen LogP contribution in [0.3, 0.4) is 0 Å². The van der Waals surface area contributed by atoms with Gasteiger partial charge in [0.2, 0.25) is 0 Å². The topological polar surface area (TPSA) is 21.3 Å². The molecule has 0 aliphatic carbocycles. The van der Waals surface area contributed by atoms with E-state index in [0.29, 0.717) is 6.61 Å². The number of halogens is 1. The van der Waals surface area contributed by atoms with E-state index >= 15 is 0 Å². The molecular weight excluding hydrogens is 326 g/mol. The molecule has 0 spiro atoms. The Morgan fingerprint density at radius 1 is 0.913 bits per heavy atom. The van der Waals surface area contributed by atoms with Gasteiger partial charge in [0.1, 0.15) is 12.4 Å². The highest BCUT2D eigenvalue weighted by atomic mass is 35.5. The lowest BCUT2D eigenvalue weighted by molar-refractivity contribution is 0.306. The fourth-order valence-corrected chi connectivity index (χ4v) is 3.04. The molecule has 1 aromatic heterocycles. The van der Waals surface area contributed by atoms with Gasteiger partial charge in [0.15, 0.2) is 0 Å². The fraction of sp³-hybridized carbons (Fsp3) is 0.158. The Morgan fingerprint density at radius 3 is 2.57 bits per heavy atom. The summed E-state index contributed by atoms with van der Waals surface area (Å²) in [6, 6.07) is 20.1. The summed E-state index contributed by atoms with van der Waals surface area (Å²) in [5.41, 5.74) is 2.32. The minimum Gasteiger partial charge on any atom is -0.489 e. The van der Waals surface area contributed by atoms with Crippen LogP contribution in [0.1, 0.15) is 16.0 Å². The third kappa shape index (κ3) is 5.10. The van der Waals surface area contributed by atoms with E-state index in [1.54, 1.807) is 11.3 Å². The van der Waals surface area contributed by atoms with Crippen molar-refractivity contribution in [2.75, 3.05) is 0 Å². The zero-order chi connectivity index (χ0) is 15.9. The second-order valence-electron chi connectivity index (χ2n) is 5.25. The lowest BCUT2D eigenvalue weighted by Gasteiger charge is -2.09. The summed E-state index contributed by atoms with van der Waals surface area (Å²) in [7, 11) is 0. The number of hydrogen-bond acceptors (Lipinski definition) is 3. The van der Waals surface area contributed by atoms with Crippen LogP contribution in [0.2, 0.25) is 5.02 Å². The van der Waals surface area contributed by atoms with Gasteiger partial charge in [0.05, 0.1) is 0 Å². The lowest BCUT2D eigenvalue weighted by atomic mass is 10.2. The van der Waals surface area contributed by atoms with Crippen molar-refractivity contribution in [2.24, 2.45) is 0 Å². The third-order valence-electron chi connectivity index (χ3n) is 3.43. The number of nitrogens with one attached hydrogen (secondary N) is 1. The molecule has 0 radical (unpaired) electrons. The third-order valence-corrected chi connectivity index (χ3v) is 4.55. The lowest BCUT2D eigenvalue weighted by Crippen LogP contribution is -2.11. The van der Waals surface area contributed by atoms with Crippen molar-refractivity contribution in [1.29, 1.82) is 0 Å². The van der Waals surface area contributed by atoms with Crippen LogP contribution in [0.15, 0.2) is 66.0 Å². The molecule has 0 fully saturated rings. The maximum Gasteiger partial charge on any atom is 0.120 e. The summed E-state index contributed by atoms with van der Waals surface area (Å²) in [6.45, 7) is 2.27. The van der Waals surface area contributed by atoms with E-state index in [1.807, 2.05) is 36.4 Å². The molecule has 23 heavy (non-hydrogen) atoms. The van der Waals surface area contributed by atoms with Crippen LogP contribution in [0.25, 0.3) is 0 Å². The molecule has 1 N–H and O–H groups in total. The van der Waals surface area contributed by atoms with Crippen molar-refractivity contribution in [2.45, 2.75) is 19.7 Å². The largest absolute Gasteiger partial charge is 0.489 e. The number of ether oxygens (including phenoxy) is 1. The van der Waals surface area contributed by atoms with E-state index in [0.717, 1.165) is 29.4 Å². The van der Waals surface area contributed by atoms with Gasteiger partial charge in [-0.05, 0) is 46.8 Å². The molecule has 3 aromatic rings. The molecule has 0 unspecified atom stereocenters. The first kappa shape index (κ1) is 16.1. The summed E-state index contributed by atoms with van der Waals surface area (Å²) < 4.78 is 5.86. The molecule has 0 aliphatic heterocycles. The first-order valence-corrected chi connectivity index (χ1v) is 8.75. The van der Waals surface area contributed by atoms with Crippen LogP contribution < -0.4 is 10.1 Å². The van der Waals surface area contributed by atoms with Crippen molar-refractivity contribution in [1.82, 2.24) is 5.32 Å². The van der Waals surface area contributed by atoms with Crippen molar-refractivity contribution in [3.8, 4) is 5.75 Å². The van der Waals surface area contributed by atoms with Crippen LogP contribution in [-0.4, -0.2) is 0 Å². The molecule has 4 heteroatoms. The first-order chi connectivity index (χ1) is 11.3. The molecule has 1 heterocycles. The normalized spacial score (nSPS) is 10.7. The average molecular weight is 344 g/mol. The highest BCUT2D eigenvalue weighted by Crippen LogP contribution is 2.17. The Balaban J connectivity index is 1.51. The summed E-state index contributed by atoms with van der Waals surface area (Å²) >= 11 is 7.66. The van der Waals surface area contributed by atoms with E-state index in [1.165, 1.54) is 10.4 Å². The Hall–Kier alpha value is -1.81. The van der Waals surface area contributed by atoms with E-state index in [-0.39, 0.29) is 0 Å². The highest BCUT2D eigenvalue weighted by molar-refractivity contribution is 7.09. The predicted octanol–water partition coefficient (Wildman–Crippen LogP) is 5.27. The second kappa shape index (κ2) is 8.16. The average Bonchev–Trinajstić information content (AvgIpc) is 3.08. The van der Waals surface area contributed by atoms with Crippen LogP contribution in [0.4, 0.5) is 0 Å². The molecule has 0 amide bonds. The number of benzene rings is 2. The van der Waals surface area contributed by atoms with Crippen molar-refractivity contribution >= 4 is 22.9 Å². The number of thiophene rings is 1. The van der Waals surface area contributed by atoms with Gasteiger partial charge in [-0.1, -0.05) is 41.9 Å². The maximum absolute atomic E-state index is 5.89. The minimum absolute atomic E-state index is 0.545. The van der Waals surface area contributed by atoms with Gasteiger partial charge in [-0.3, -0.25) is 0 Å².